The Hall–Kier alpha value is -1.10. The van der Waals surface area contributed by atoms with Crippen LogP contribution in [0.1, 0.15) is 32.6 Å². The zero-order valence-corrected chi connectivity index (χ0v) is 9.57. The summed E-state index contributed by atoms with van der Waals surface area (Å²) in [6, 6.07) is -0.735. The molecule has 16 heavy (non-hydrogen) atoms. The first-order valence-electron chi connectivity index (χ1n) is 5.73. The van der Waals surface area contributed by atoms with E-state index in [0.29, 0.717) is 25.6 Å². The summed E-state index contributed by atoms with van der Waals surface area (Å²) in [5, 5.41) is 11.5. The third-order valence-electron chi connectivity index (χ3n) is 2.58. The van der Waals surface area contributed by atoms with Crippen LogP contribution in [0.25, 0.3) is 0 Å². The second-order valence-electron chi connectivity index (χ2n) is 4.08. The molecule has 0 aliphatic heterocycles. The van der Waals surface area contributed by atoms with Crippen LogP contribution in [0.4, 0.5) is 0 Å². The van der Waals surface area contributed by atoms with Gasteiger partial charge in [-0.05, 0) is 19.3 Å². The monoisotopic (exact) mass is 229 g/mol. The van der Waals surface area contributed by atoms with Gasteiger partial charge in [0.1, 0.15) is 6.04 Å². The molecular formula is C11H19NO4. The summed E-state index contributed by atoms with van der Waals surface area (Å²) in [7, 11) is 0. The molecule has 1 amide bonds. The average molecular weight is 229 g/mol. The van der Waals surface area contributed by atoms with Crippen molar-refractivity contribution in [2.45, 2.75) is 38.6 Å². The molecule has 1 atom stereocenters. The largest absolute Gasteiger partial charge is 0.480 e. The van der Waals surface area contributed by atoms with E-state index in [1.807, 2.05) is 6.92 Å². The highest BCUT2D eigenvalue weighted by molar-refractivity contribution is 5.83. The van der Waals surface area contributed by atoms with E-state index in [-0.39, 0.29) is 12.3 Å². The van der Waals surface area contributed by atoms with Crippen molar-refractivity contribution in [2.24, 2.45) is 5.92 Å². The third kappa shape index (κ3) is 5.11. The van der Waals surface area contributed by atoms with Gasteiger partial charge in [-0.15, -0.1) is 0 Å². The fraction of sp³-hybridized carbons (Fsp3) is 0.818. The van der Waals surface area contributed by atoms with Gasteiger partial charge >= 0.3 is 5.97 Å². The fourth-order valence-electron chi connectivity index (χ4n) is 1.48. The molecule has 0 spiro atoms. The van der Waals surface area contributed by atoms with Gasteiger partial charge < -0.3 is 15.2 Å². The fourth-order valence-corrected chi connectivity index (χ4v) is 1.48. The summed E-state index contributed by atoms with van der Waals surface area (Å²) >= 11 is 0. The standard InChI is InChI=1S/C11H19NO4/c1-2-16-6-5-10(13)12-9(11(14)15)7-8-3-4-8/h8-9H,2-7H2,1H3,(H,12,13)(H,14,15). The van der Waals surface area contributed by atoms with Crippen LogP contribution in [-0.2, 0) is 14.3 Å². The number of hydrogen-bond acceptors (Lipinski definition) is 3. The van der Waals surface area contributed by atoms with Gasteiger partial charge in [0.05, 0.1) is 6.61 Å². The van der Waals surface area contributed by atoms with Crippen LogP contribution in [0.5, 0.6) is 0 Å². The lowest BCUT2D eigenvalue weighted by atomic mass is 10.1. The van der Waals surface area contributed by atoms with Crippen molar-refractivity contribution in [2.75, 3.05) is 13.2 Å². The van der Waals surface area contributed by atoms with Crippen LogP contribution in [0.2, 0.25) is 0 Å². The zero-order chi connectivity index (χ0) is 12.0. The van der Waals surface area contributed by atoms with Crippen LogP contribution < -0.4 is 5.32 Å². The maximum absolute atomic E-state index is 11.4. The van der Waals surface area contributed by atoms with Crippen molar-refractivity contribution in [1.82, 2.24) is 5.32 Å². The van der Waals surface area contributed by atoms with Gasteiger partial charge in [-0.1, -0.05) is 12.8 Å². The van der Waals surface area contributed by atoms with Crippen molar-refractivity contribution in [3.05, 3.63) is 0 Å². The first-order valence-corrected chi connectivity index (χ1v) is 5.73. The molecule has 5 nitrogen and oxygen atoms in total. The number of carboxylic acids is 1. The quantitative estimate of drug-likeness (QED) is 0.603. The molecule has 1 aliphatic carbocycles. The van der Waals surface area contributed by atoms with Gasteiger partial charge in [0, 0.05) is 13.0 Å². The van der Waals surface area contributed by atoms with E-state index in [4.69, 9.17) is 9.84 Å². The molecule has 5 heteroatoms. The molecule has 0 aromatic carbocycles. The summed E-state index contributed by atoms with van der Waals surface area (Å²) in [6.45, 7) is 2.76. The third-order valence-corrected chi connectivity index (χ3v) is 2.58. The normalized spacial score (nSPS) is 16.8. The molecule has 0 saturated heterocycles. The molecule has 1 fully saturated rings. The lowest BCUT2D eigenvalue weighted by Gasteiger charge is -2.13. The molecule has 1 rings (SSSR count). The Morgan fingerprint density at radius 3 is 2.69 bits per heavy atom. The Morgan fingerprint density at radius 2 is 2.19 bits per heavy atom. The highest BCUT2D eigenvalue weighted by Gasteiger charge is 2.29. The van der Waals surface area contributed by atoms with Crippen LogP contribution >= 0.6 is 0 Å². The predicted octanol–water partition coefficient (Wildman–Crippen LogP) is 0.782. The molecule has 2 N–H and O–H groups in total. The minimum atomic E-state index is -0.948. The van der Waals surface area contributed by atoms with E-state index in [9.17, 15) is 9.59 Å². The summed E-state index contributed by atoms with van der Waals surface area (Å²) < 4.78 is 5.03. The topological polar surface area (TPSA) is 75.6 Å². The van der Waals surface area contributed by atoms with Gasteiger partial charge in [0.25, 0.3) is 0 Å². The smallest absolute Gasteiger partial charge is 0.326 e. The number of ether oxygens (including phenoxy) is 1. The van der Waals surface area contributed by atoms with Crippen molar-refractivity contribution in [3.63, 3.8) is 0 Å². The van der Waals surface area contributed by atoms with Gasteiger partial charge in [0.15, 0.2) is 0 Å². The maximum atomic E-state index is 11.4. The summed E-state index contributed by atoms with van der Waals surface area (Å²) in [6.07, 6.45) is 2.94. The highest BCUT2D eigenvalue weighted by atomic mass is 16.5. The highest BCUT2D eigenvalue weighted by Crippen LogP contribution is 2.33. The van der Waals surface area contributed by atoms with Crippen molar-refractivity contribution >= 4 is 11.9 Å². The SMILES string of the molecule is CCOCCC(=O)NC(CC1CC1)C(=O)O. The van der Waals surface area contributed by atoms with E-state index in [1.54, 1.807) is 0 Å². The molecule has 0 aromatic heterocycles. The molecule has 0 bridgehead atoms. The van der Waals surface area contributed by atoms with E-state index in [0.717, 1.165) is 12.8 Å². The van der Waals surface area contributed by atoms with Gasteiger partial charge in [-0.3, -0.25) is 4.79 Å². The lowest BCUT2D eigenvalue weighted by molar-refractivity contribution is -0.142. The minimum Gasteiger partial charge on any atom is -0.480 e. The van der Waals surface area contributed by atoms with Gasteiger partial charge in [-0.2, -0.15) is 0 Å². The number of carbonyl (C=O) groups is 2. The first kappa shape index (κ1) is 13.0. The molecule has 0 heterocycles. The number of carboxylic acid groups (broad SMARTS) is 1. The van der Waals surface area contributed by atoms with Crippen LogP contribution in [0.3, 0.4) is 0 Å². The molecule has 1 unspecified atom stereocenters. The van der Waals surface area contributed by atoms with Crippen LogP contribution in [0, 0.1) is 5.92 Å². The number of nitrogens with one attached hydrogen (secondary N) is 1. The van der Waals surface area contributed by atoms with Gasteiger partial charge in [-0.25, -0.2) is 4.79 Å². The Labute approximate surface area is 95.2 Å². The van der Waals surface area contributed by atoms with E-state index in [2.05, 4.69) is 5.32 Å². The molecule has 1 saturated carbocycles. The van der Waals surface area contributed by atoms with Crippen molar-refractivity contribution in [3.8, 4) is 0 Å². The molecule has 0 aromatic rings. The van der Waals surface area contributed by atoms with Crippen molar-refractivity contribution < 1.29 is 19.4 Å². The van der Waals surface area contributed by atoms with Gasteiger partial charge in [0.2, 0.25) is 5.91 Å². The lowest BCUT2D eigenvalue weighted by Crippen LogP contribution is -2.41. The number of aliphatic carboxylic acids is 1. The molecule has 1 aliphatic rings. The van der Waals surface area contributed by atoms with Crippen LogP contribution in [0.15, 0.2) is 0 Å². The summed E-state index contributed by atoms with van der Waals surface area (Å²) in [5.41, 5.74) is 0. The number of hydrogen-bond donors (Lipinski definition) is 2. The van der Waals surface area contributed by atoms with Crippen LogP contribution in [-0.4, -0.2) is 36.2 Å². The molecule has 0 radical (unpaired) electrons. The Bertz CT molecular complexity index is 250. The van der Waals surface area contributed by atoms with E-state index in [1.165, 1.54) is 0 Å². The first-order chi connectivity index (χ1) is 7.63. The Balaban J connectivity index is 2.23. The summed E-state index contributed by atoms with van der Waals surface area (Å²) in [5.74, 6) is -0.716. The number of amides is 1. The molecular weight excluding hydrogens is 210 g/mol. The molecule has 92 valence electrons. The number of carbonyl (C=O) groups excluding carboxylic acids is 1. The number of rotatable bonds is 8. The average Bonchev–Trinajstić information content (AvgIpc) is 3.01. The zero-order valence-electron chi connectivity index (χ0n) is 9.57. The Kier molecular flexibility index (Phi) is 5.25. The minimum absolute atomic E-state index is 0.224. The maximum Gasteiger partial charge on any atom is 0.326 e. The van der Waals surface area contributed by atoms with Crippen molar-refractivity contribution in [1.29, 1.82) is 0 Å². The Morgan fingerprint density at radius 1 is 1.50 bits per heavy atom. The summed E-state index contributed by atoms with van der Waals surface area (Å²) in [4.78, 5) is 22.3. The second-order valence-corrected chi connectivity index (χ2v) is 4.08. The van der Waals surface area contributed by atoms with E-state index < -0.39 is 12.0 Å². The predicted molar refractivity (Wildman–Crippen MR) is 58.0 cm³/mol. The second kappa shape index (κ2) is 6.48. The van der Waals surface area contributed by atoms with E-state index >= 15 is 0 Å².